The van der Waals surface area contributed by atoms with Crippen molar-refractivity contribution in [2.45, 2.75) is 19.1 Å². The number of nitrogens with one attached hydrogen (secondary N) is 2. The van der Waals surface area contributed by atoms with Gasteiger partial charge in [0.05, 0.1) is 18.9 Å². The average molecular weight is 479 g/mol. The van der Waals surface area contributed by atoms with Gasteiger partial charge in [-0.25, -0.2) is 9.20 Å². The number of aryl methyl sites for hydroxylation is 1. The van der Waals surface area contributed by atoms with Gasteiger partial charge >= 0.3 is 0 Å². The van der Waals surface area contributed by atoms with Crippen LogP contribution in [-0.4, -0.2) is 64.6 Å². The summed E-state index contributed by atoms with van der Waals surface area (Å²) in [5, 5.41) is 13.4. The Labute approximate surface area is 193 Å². The molecule has 172 valence electrons. The number of halogens is 1. The van der Waals surface area contributed by atoms with E-state index in [4.69, 9.17) is 26.1 Å². The molecule has 1 aromatic heterocycles. The van der Waals surface area contributed by atoms with Crippen LogP contribution in [0.15, 0.2) is 41.9 Å². The molecule has 2 aromatic rings. The van der Waals surface area contributed by atoms with E-state index in [0.29, 0.717) is 17.1 Å². The van der Waals surface area contributed by atoms with Crippen LogP contribution in [0.3, 0.4) is 0 Å². The summed E-state index contributed by atoms with van der Waals surface area (Å²) in [6.07, 6.45) is 1.85. The summed E-state index contributed by atoms with van der Waals surface area (Å²) < 4.78 is 26.1. The third-order valence-electron chi connectivity index (χ3n) is 4.70. The molecule has 8 nitrogen and oxygen atoms in total. The Morgan fingerprint density at radius 1 is 1.44 bits per heavy atom. The zero-order valence-corrected chi connectivity index (χ0v) is 19.8. The summed E-state index contributed by atoms with van der Waals surface area (Å²) in [4.78, 5) is 8.97. The van der Waals surface area contributed by atoms with Crippen molar-refractivity contribution in [3.63, 3.8) is 0 Å². The fraction of sp³-hybridized carbons (Fsp3) is 0.318. The number of ether oxygens (including phenoxy) is 2. The van der Waals surface area contributed by atoms with Crippen molar-refractivity contribution in [1.82, 2.24) is 4.98 Å². The predicted molar refractivity (Wildman–Crippen MR) is 132 cm³/mol. The minimum absolute atomic E-state index is 0.191. The molecule has 0 spiro atoms. The van der Waals surface area contributed by atoms with Gasteiger partial charge < -0.3 is 24.6 Å². The molecule has 32 heavy (non-hydrogen) atoms. The molecular weight excluding hydrogens is 452 g/mol. The number of nitrogens with zero attached hydrogens (tertiary/aromatic N) is 2. The maximum Gasteiger partial charge on any atom is 0.241 e. The highest BCUT2D eigenvalue weighted by Crippen LogP contribution is 2.32. The van der Waals surface area contributed by atoms with Crippen molar-refractivity contribution >= 4 is 50.0 Å². The van der Waals surface area contributed by atoms with Crippen LogP contribution in [0.1, 0.15) is 11.1 Å². The molecule has 1 aromatic carbocycles. The second-order valence-electron chi connectivity index (χ2n) is 7.49. The number of rotatable bonds is 8. The zero-order chi connectivity index (χ0) is 23.5. The fourth-order valence-electron chi connectivity index (χ4n) is 3.33. The van der Waals surface area contributed by atoms with E-state index in [2.05, 4.69) is 27.5 Å². The lowest BCUT2D eigenvalue weighted by Crippen LogP contribution is -2.30. The van der Waals surface area contributed by atoms with Gasteiger partial charge in [0.2, 0.25) is 5.88 Å². The van der Waals surface area contributed by atoms with E-state index in [-0.39, 0.29) is 24.2 Å². The number of aromatic nitrogens is 1. The molecule has 0 bridgehead atoms. The molecule has 3 atom stereocenters. The third-order valence-corrected chi connectivity index (χ3v) is 5.58. The van der Waals surface area contributed by atoms with Crippen LogP contribution >= 0.6 is 11.6 Å². The van der Waals surface area contributed by atoms with Crippen LogP contribution in [0, 0.1) is 6.92 Å². The van der Waals surface area contributed by atoms with Gasteiger partial charge in [-0.15, -0.1) is 0 Å². The van der Waals surface area contributed by atoms with E-state index in [1.165, 1.54) is 6.26 Å². The van der Waals surface area contributed by atoms with E-state index >= 15 is 0 Å². The van der Waals surface area contributed by atoms with Gasteiger partial charge in [-0.3, -0.25) is 0 Å². The summed E-state index contributed by atoms with van der Waals surface area (Å²) in [5.41, 5.74) is 4.13. The predicted octanol–water partition coefficient (Wildman–Crippen LogP) is 3.20. The molecule has 0 radical (unpaired) electrons. The van der Waals surface area contributed by atoms with Crippen LogP contribution < -0.4 is 14.8 Å². The maximum atomic E-state index is 12.1. The topological polar surface area (TPSA) is 105 Å². The lowest BCUT2D eigenvalue weighted by Gasteiger charge is -2.18. The van der Waals surface area contributed by atoms with Gasteiger partial charge in [0.25, 0.3) is 0 Å². The van der Waals surface area contributed by atoms with Gasteiger partial charge in [-0.05, 0) is 48.7 Å². The van der Waals surface area contributed by atoms with Crippen LogP contribution in [0.25, 0.3) is 0 Å². The summed E-state index contributed by atoms with van der Waals surface area (Å²) >= 11 is 6.07. The molecule has 3 unspecified atom stereocenters. The van der Waals surface area contributed by atoms with Crippen molar-refractivity contribution in [3.05, 3.63) is 53.2 Å². The van der Waals surface area contributed by atoms with Crippen LogP contribution in [0.2, 0.25) is 5.15 Å². The van der Waals surface area contributed by atoms with Gasteiger partial charge in [0.15, 0.2) is 6.10 Å². The number of aliphatic imine (C=N–C) groups is 1. The summed E-state index contributed by atoms with van der Waals surface area (Å²) in [7, 11) is -0.640. The number of anilines is 2. The molecule has 3 rings (SSSR count). The Bertz CT molecular complexity index is 1150. The Hall–Kier alpha value is -2.59. The maximum absolute atomic E-state index is 12.1. The van der Waals surface area contributed by atoms with E-state index < -0.39 is 21.9 Å². The van der Waals surface area contributed by atoms with E-state index in [0.717, 1.165) is 16.8 Å². The average Bonchev–Trinajstić information content (AvgIpc) is 3.11. The van der Waals surface area contributed by atoms with Crippen molar-refractivity contribution in [3.8, 4) is 5.88 Å². The number of benzene rings is 1. The summed E-state index contributed by atoms with van der Waals surface area (Å²) in [5.74, 6) is 3.83. The first-order valence-corrected chi connectivity index (χ1v) is 12.4. The first-order valence-electron chi connectivity index (χ1n) is 9.84. The lowest BCUT2D eigenvalue weighted by molar-refractivity contribution is 0.0708. The SMILES string of the molecule is C=CC(=Nc1ccc(Cl)nc1OC1COCC1O)c1c(C)cc(NS(=C)(C)=O)cc1NC. The largest absolute Gasteiger partial charge is 0.467 e. The van der Waals surface area contributed by atoms with Crippen LogP contribution in [0.4, 0.5) is 17.1 Å². The first kappa shape index (κ1) is 24.1. The van der Waals surface area contributed by atoms with Gasteiger partial charge in [-0.1, -0.05) is 18.2 Å². The van der Waals surface area contributed by atoms with Gasteiger partial charge in [0, 0.05) is 39.9 Å². The Morgan fingerprint density at radius 2 is 2.19 bits per heavy atom. The normalized spacial score (nSPS) is 20.5. The molecule has 0 aliphatic carbocycles. The molecule has 1 fully saturated rings. The number of aliphatic hydroxyl groups excluding tert-OH is 1. The zero-order valence-electron chi connectivity index (χ0n) is 18.2. The highest BCUT2D eigenvalue weighted by Gasteiger charge is 2.29. The molecule has 1 aliphatic rings. The molecule has 10 heteroatoms. The van der Waals surface area contributed by atoms with E-state index in [1.807, 2.05) is 19.1 Å². The third kappa shape index (κ3) is 5.80. The number of hydrogen-bond donors (Lipinski definition) is 3. The lowest BCUT2D eigenvalue weighted by atomic mass is 10.0. The standard InChI is InChI=1S/C22H27ClN4O4S/c1-6-15(21-13(2)9-14(10-17(21)24-3)27-32(4,5)29)25-16-7-8-20(23)26-22(16)31-19-12-30-11-18(19)28/h6-10,18-19,24,28H,1,4,11-12H2,2-3,5H3,(H,27,29). The van der Waals surface area contributed by atoms with Crippen LogP contribution in [0.5, 0.6) is 5.88 Å². The Balaban J connectivity index is 2.05. The monoisotopic (exact) mass is 478 g/mol. The van der Waals surface area contributed by atoms with Crippen molar-refractivity contribution in [2.24, 2.45) is 4.99 Å². The van der Waals surface area contributed by atoms with Gasteiger partial charge in [0.1, 0.15) is 16.9 Å². The number of hydrogen-bond acceptors (Lipinski definition) is 7. The second-order valence-corrected chi connectivity index (χ2v) is 10.1. The highest BCUT2D eigenvalue weighted by molar-refractivity contribution is 8.00. The number of pyridine rings is 1. The molecule has 0 saturated carbocycles. The molecule has 2 heterocycles. The van der Waals surface area contributed by atoms with Crippen molar-refractivity contribution in [1.29, 1.82) is 0 Å². The second kappa shape index (κ2) is 9.91. The molecule has 3 N–H and O–H groups in total. The number of aliphatic hydroxyl groups is 1. The minimum Gasteiger partial charge on any atom is -0.467 e. The highest BCUT2D eigenvalue weighted by atomic mass is 35.5. The Morgan fingerprint density at radius 3 is 2.78 bits per heavy atom. The van der Waals surface area contributed by atoms with Crippen molar-refractivity contribution in [2.75, 3.05) is 36.6 Å². The van der Waals surface area contributed by atoms with Crippen molar-refractivity contribution < 1.29 is 18.8 Å². The van der Waals surface area contributed by atoms with Gasteiger partial charge in [-0.2, -0.15) is 4.98 Å². The summed E-state index contributed by atoms with van der Waals surface area (Å²) in [6.45, 7) is 6.28. The minimum atomic E-state index is -2.43. The summed E-state index contributed by atoms with van der Waals surface area (Å²) in [6, 6.07) is 7.00. The smallest absolute Gasteiger partial charge is 0.241 e. The molecule has 0 amide bonds. The van der Waals surface area contributed by atoms with Crippen LogP contribution in [-0.2, 0) is 14.4 Å². The molecule has 1 aliphatic heterocycles. The number of allylic oxidation sites excluding steroid dienone is 1. The molecular formula is C22H27ClN4O4S. The van der Waals surface area contributed by atoms with E-state index in [1.54, 1.807) is 25.3 Å². The van der Waals surface area contributed by atoms with E-state index in [9.17, 15) is 9.32 Å². The Kier molecular flexibility index (Phi) is 7.45. The molecule has 1 saturated heterocycles. The first-order chi connectivity index (χ1) is 15.1. The quantitative estimate of drug-likeness (QED) is 0.306. The fourth-order valence-corrected chi connectivity index (χ4v) is 4.08.